The van der Waals surface area contributed by atoms with Crippen LogP contribution in [-0.2, 0) is 4.79 Å². The molecule has 0 atom stereocenters. The molecule has 0 saturated carbocycles. The van der Waals surface area contributed by atoms with Crippen LogP contribution in [-0.4, -0.2) is 35.9 Å². The molecule has 1 rings (SSSR count). The van der Waals surface area contributed by atoms with Crippen LogP contribution in [0.25, 0.3) is 0 Å². The fourth-order valence-corrected chi connectivity index (χ4v) is 1.78. The summed E-state index contributed by atoms with van der Waals surface area (Å²) in [7, 11) is 1.66. The summed E-state index contributed by atoms with van der Waals surface area (Å²) in [5.74, 6) is -0.118. The van der Waals surface area contributed by atoms with Gasteiger partial charge in [-0.25, -0.2) is 0 Å². The van der Waals surface area contributed by atoms with Crippen molar-refractivity contribution in [2.45, 2.75) is 6.92 Å². The van der Waals surface area contributed by atoms with Gasteiger partial charge in [0.1, 0.15) is 5.70 Å². The van der Waals surface area contributed by atoms with E-state index in [1.165, 1.54) is 4.90 Å². The summed E-state index contributed by atoms with van der Waals surface area (Å²) < 4.78 is 0.635. The van der Waals surface area contributed by atoms with E-state index in [0.29, 0.717) is 22.3 Å². The van der Waals surface area contributed by atoms with Crippen molar-refractivity contribution in [3.05, 3.63) is 44.2 Å². The number of hydrogen-bond donors (Lipinski definition) is 1. The molecule has 1 N–H and O–H groups in total. The number of nitrogens with zero attached hydrogens (tertiary/aromatic N) is 2. The third kappa shape index (κ3) is 3.43. The summed E-state index contributed by atoms with van der Waals surface area (Å²) in [6.45, 7) is 5.90. The lowest BCUT2D eigenvalue weighted by molar-refractivity contribution is -0.403. The highest BCUT2D eigenvalue weighted by atomic mass is 79.9. The molecule has 0 aromatic rings. The van der Waals surface area contributed by atoms with E-state index >= 15 is 0 Å². The van der Waals surface area contributed by atoms with Crippen molar-refractivity contribution in [3.63, 3.8) is 0 Å². The predicted molar refractivity (Wildman–Crippen MR) is 71.5 cm³/mol. The number of carbonyl (C=O) groups excluding carboxylic acids is 1. The first-order chi connectivity index (χ1) is 8.32. The highest BCUT2D eigenvalue weighted by Gasteiger charge is 2.23. The Balaban J connectivity index is 3.28. The first kappa shape index (κ1) is 14.4. The summed E-state index contributed by atoms with van der Waals surface area (Å²) in [6.07, 6.45) is 0.876. The summed E-state index contributed by atoms with van der Waals surface area (Å²) in [5.41, 5.74) is 1.80. The van der Waals surface area contributed by atoms with Gasteiger partial charge in [-0.3, -0.25) is 14.9 Å². The number of rotatable bonds is 2. The monoisotopic (exact) mass is 315 g/mol. The van der Waals surface area contributed by atoms with Crippen molar-refractivity contribution < 1.29 is 9.72 Å². The van der Waals surface area contributed by atoms with Crippen molar-refractivity contribution in [2.24, 2.45) is 0 Å². The molecule has 1 amide bonds. The zero-order chi connectivity index (χ0) is 13.9. The van der Waals surface area contributed by atoms with Gasteiger partial charge in [-0.15, -0.1) is 0 Å². The molecule has 0 bridgehead atoms. The van der Waals surface area contributed by atoms with E-state index < -0.39 is 4.92 Å². The van der Waals surface area contributed by atoms with Gasteiger partial charge >= 0.3 is 0 Å². The Labute approximate surface area is 113 Å². The molecule has 1 fully saturated rings. The number of carbonyl (C=O) groups is 1. The van der Waals surface area contributed by atoms with Crippen LogP contribution >= 0.6 is 15.9 Å². The van der Waals surface area contributed by atoms with Crippen LogP contribution < -0.4 is 5.32 Å². The Hall–Kier alpha value is -1.63. The lowest BCUT2D eigenvalue weighted by Crippen LogP contribution is -2.31. The maximum absolute atomic E-state index is 11.6. The van der Waals surface area contributed by atoms with Crippen molar-refractivity contribution in [1.82, 2.24) is 10.2 Å². The van der Waals surface area contributed by atoms with Crippen LogP contribution in [0.1, 0.15) is 6.92 Å². The maximum Gasteiger partial charge on any atom is 0.257 e. The van der Waals surface area contributed by atoms with E-state index in [9.17, 15) is 14.9 Å². The van der Waals surface area contributed by atoms with Gasteiger partial charge in [0.25, 0.3) is 6.20 Å². The summed E-state index contributed by atoms with van der Waals surface area (Å²) in [6, 6.07) is 0. The number of nitro groups is 1. The van der Waals surface area contributed by atoms with E-state index in [0.717, 1.165) is 11.8 Å². The molecular formula is C11H14BrN3O3. The average Bonchev–Trinajstić information content (AvgIpc) is 2.40. The van der Waals surface area contributed by atoms with Gasteiger partial charge in [0.2, 0.25) is 5.91 Å². The molecule has 1 saturated heterocycles. The second kappa shape index (κ2) is 5.81. The van der Waals surface area contributed by atoms with Gasteiger partial charge < -0.3 is 10.2 Å². The van der Waals surface area contributed by atoms with Crippen molar-refractivity contribution in [2.75, 3.05) is 20.1 Å². The van der Waals surface area contributed by atoms with E-state index in [1.807, 2.05) is 0 Å². The molecule has 98 valence electrons. The number of likely N-dealkylation sites (N-methyl/N-ethyl adjacent to an activating group) is 1. The molecule has 0 radical (unpaired) electrons. The van der Waals surface area contributed by atoms with Crippen molar-refractivity contribution >= 4 is 21.8 Å². The van der Waals surface area contributed by atoms with E-state index in [4.69, 9.17) is 0 Å². The third-order valence-corrected chi connectivity index (χ3v) is 3.27. The van der Waals surface area contributed by atoms with Crippen LogP contribution in [0.5, 0.6) is 0 Å². The zero-order valence-electron chi connectivity index (χ0n) is 10.2. The summed E-state index contributed by atoms with van der Waals surface area (Å²) >= 11 is 3.25. The fourth-order valence-electron chi connectivity index (χ4n) is 1.54. The standard InChI is InChI=1S/C11H14BrN3O3/c1-7(8(2)12)9-5-14(3)11(16)4-13-10(9)6-15(17)18/h6,13H,2,4-5H2,1,3H3/b9-7-,10-6-. The average molecular weight is 316 g/mol. The van der Waals surface area contributed by atoms with Gasteiger partial charge in [0, 0.05) is 23.6 Å². The van der Waals surface area contributed by atoms with E-state index in [2.05, 4.69) is 27.8 Å². The third-order valence-electron chi connectivity index (χ3n) is 2.67. The first-order valence-electron chi connectivity index (χ1n) is 5.21. The first-order valence-corrected chi connectivity index (χ1v) is 6.00. The SMILES string of the molecule is C=C(Br)/C(C)=C1/CN(C)C(=O)CN/C1=C\[N+](=O)[O-]. The van der Waals surface area contributed by atoms with E-state index in [-0.39, 0.29) is 12.5 Å². The second-order valence-corrected chi connectivity index (χ2v) is 4.90. The van der Waals surface area contributed by atoms with Gasteiger partial charge in [0.15, 0.2) is 0 Å². The molecule has 1 aliphatic rings. The lowest BCUT2D eigenvalue weighted by atomic mass is 10.1. The summed E-state index contributed by atoms with van der Waals surface area (Å²) in [4.78, 5) is 23.2. The topological polar surface area (TPSA) is 75.5 Å². The normalized spacial score (nSPS) is 21.4. The maximum atomic E-state index is 11.6. The van der Waals surface area contributed by atoms with Gasteiger partial charge in [-0.2, -0.15) is 0 Å². The molecule has 0 aromatic carbocycles. The number of amides is 1. The van der Waals surface area contributed by atoms with Crippen LogP contribution in [0.2, 0.25) is 0 Å². The molecule has 0 spiro atoms. The van der Waals surface area contributed by atoms with Crippen LogP contribution in [0.15, 0.2) is 34.1 Å². The Morgan fingerprint density at radius 2 is 2.28 bits per heavy atom. The molecular weight excluding hydrogens is 302 g/mol. The van der Waals surface area contributed by atoms with Crippen LogP contribution in [0.4, 0.5) is 0 Å². The Morgan fingerprint density at radius 3 is 2.78 bits per heavy atom. The highest BCUT2D eigenvalue weighted by molar-refractivity contribution is 9.11. The minimum atomic E-state index is -0.539. The zero-order valence-corrected chi connectivity index (χ0v) is 11.8. The molecule has 0 unspecified atom stereocenters. The Kier molecular flexibility index (Phi) is 4.66. The molecule has 0 aromatic heterocycles. The quantitative estimate of drug-likeness (QED) is 0.617. The minimum absolute atomic E-state index is 0.0434. The van der Waals surface area contributed by atoms with Crippen molar-refractivity contribution in [1.29, 1.82) is 0 Å². The molecule has 1 aliphatic heterocycles. The molecule has 6 nitrogen and oxygen atoms in total. The highest BCUT2D eigenvalue weighted by Crippen LogP contribution is 2.24. The number of nitrogens with one attached hydrogen (secondary N) is 1. The molecule has 1 heterocycles. The Bertz CT molecular complexity index is 468. The van der Waals surface area contributed by atoms with Gasteiger partial charge in [-0.1, -0.05) is 22.5 Å². The minimum Gasteiger partial charge on any atom is -0.371 e. The van der Waals surface area contributed by atoms with Gasteiger partial charge in [0.05, 0.1) is 11.5 Å². The predicted octanol–water partition coefficient (Wildman–Crippen LogP) is 1.39. The number of hydrogen-bond acceptors (Lipinski definition) is 4. The Morgan fingerprint density at radius 1 is 1.67 bits per heavy atom. The lowest BCUT2D eigenvalue weighted by Gasteiger charge is -2.16. The molecule has 18 heavy (non-hydrogen) atoms. The second-order valence-electron chi connectivity index (χ2n) is 3.94. The number of allylic oxidation sites excluding steroid dienone is 2. The largest absolute Gasteiger partial charge is 0.371 e. The summed E-state index contributed by atoms with van der Waals surface area (Å²) in [5, 5.41) is 13.4. The van der Waals surface area contributed by atoms with E-state index in [1.54, 1.807) is 14.0 Å². The molecule has 0 aliphatic carbocycles. The number of halogens is 1. The van der Waals surface area contributed by atoms with Crippen molar-refractivity contribution in [3.8, 4) is 0 Å². The smallest absolute Gasteiger partial charge is 0.257 e. The van der Waals surface area contributed by atoms with Gasteiger partial charge in [-0.05, 0) is 12.5 Å². The fraction of sp³-hybridized carbons (Fsp3) is 0.364. The molecule has 7 heteroatoms. The van der Waals surface area contributed by atoms with Crippen LogP contribution in [0, 0.1) is 10.1 Å². The van der Waals surface area contributed by atoms with Crippen LogP contribution in [0.3, 0.4) is 0 Å².